The molecule has 2 aliphatic rings. The average molecular weight is 1960 g/mol. The Bertz CT molecular complexity index is 2950. The van der Waals surface area contributed by atoms with Crippen LogP contribution in [0, 0.1) is 41.4 Å². The molecule has 0 aromatic carbocycles. The summed E-state index contributed by atoms with van der Waals surface area (Å²) in [6.07, 6.45) is 40.8. The Labute approximate surface area is 828 Å². The van der Waals surface area contributed by atoms with Crippen molar-refractivity contribution in [1.29, 1.82) is 0 Å². The molecule has 136 heavy (non-hydrogen) atoms. The van der Waals surface area contributed by atoms with E-state index in [2.05, 4.69) is 59.1 Å². The maximum atomic E-state index is 15.5. The Morgan fingerprint density at radius 1 is 0.338 bits per heavy atom. The Kier molecular flexibility index (Phi) is 77.0. The van der Waals surface area contributed by atoms with Crippen LogP contribution in [-0.2, 0) is 76.0 Å². The first-order chi connectivity index (χ1) is 65.4. The molecule has 2 rings (SSSR count). The number of amides is 2. The molecule has 0 bridgehead atoms. The number of carbonyl (C=O) groups is 7. The number of nitrogens with one attached hydrogen (secondary N) is 2. The quantitative estimate of drug-likeness (QED) is 0.0121. The molecule has 0 aliphatic carbocycles. The zero-order chi connectivity index (χ0) is 101. The molecule has 0 spiro atoms. The number of unbranched alkanes of at least 4 members (excludes halogenated alkanes) is 48. The number of esters is 5. The van der Waals surface area contributed by atoms with Gasteiger partial charge in [0.15, 0.2) is 30.9 Å². The predicted molar refractivity (Wildman–Crippen MR) is 543 cm³/mol. The molecule has 2 saturated heterocycles. The lowest BCUT2D eigenvalue weighted by Gasteiger charge is -2.46. The lowest BCUT2D eigenvalue weighted by atomic mass is 9.92. The summed E-state index contributed by atoms with van der Waals surface area (Å²) in [5.41, 5.74) is 0. The van der Waals surface area contributed by atoms with Crippen molar-refractivity contribution in [3.63, 3.8) is 0 Å². The molecule has 2 aliphatic heterocycles. The Morgan fingerprint density at radius 3 is 0.919 bits per heavy atom. The van der Waals surface area contributed by atoms with Crippen LogP contribution in [0.3, 0.4) is 0 Å². The second kappa shape index (κ2) is 81.6. The van der Waals surface area contributed by atoms with Gasteiger partial charge in [0, 0.05) is 0 Å². The Balaban J connectivity index is 2.97. The van der Waals surface area contributed by atoms with Gasteiger partial charge in [-0.15, -0.1) is 0 Å². The van der Waals surface area contributed by atoms with Gasteiger partial charge >= 0.3 is 38.0 Å². The van der Waals surface area contributed by atoms with Gasteiger partial charge in [-0.3, -0.25) is 33.6 Å². The normalized spacial score (nSPS) is 21.1. The van der Waals surface area contributed by atoms with Gasteiger partial charge < -0.3 is 73.8 Å². The van der Waals surface area contributed by atoms with Crippen molar-refractivity contribution in [1.82, 2.24) is 10.6 Å². The molecule has 19 unspecified atom stereocenters. The van der Waals surface area contributed by atoms with Gasteiger partial charge in [0.1, 0.15) is 48.7 Å². The molecule has 0 saturated carbocycles. The molecule has 2 fully saturated rings. The highest BCUT2D eigenvalue weighted by molar-refractivity contribution is 7.51. The predicted octanol–water partition coefficient (Wildman–Crippen LogP) is 24.4. The molecule has 2 amide bonds. The van der Waals surface area contributed by atoms with E-state index in [1.165, 1.54) is 70.6 Å². The number of phosphoric ester groups is 1. The largest absolute Gasteiger partial charge is 0.606 e. The van der Waals surface area contributed by atoms with Gasteiger partial charge in [0.25, 0.3) is 0 Å². The zero-order valence-electron chi connectivity index (χ0n) is 88.8. The summed E-state index contributed by atoms with van der Waals surface area (Å²) in [7, 11) is -5.68. The van der Waals surface area contributed by atoms with E-state index in [4.69, 9.17) is 42.4 Å². The minimum absolute atomic E-state index is 0.303. The highest BCUT2D eigenvalue weighted by Crippen LogP contribution is 2.46. The van der Waals surface area contributed by atoms with E-state index in [-0.39, 0.29) is 18.3 Å². The van der Waals surface area contributed by atoms with E-state index >= 15 is 9.59 Å². The van der Waals surface area contributed by atoms with Crippen LogP contribution in [-0.4, -0.2) is 171 Å². The number of carbonyl (C=O) groups excluding carboxylic acids is 7. The topological polar surface area (TPSA) is 371 Å². The number of phosphoric acid groups is 1. The number of aliphatic hydroxyl groups is 4. The fraction of sp³-hybridized carbons (Fsp3) is 0.936. The van der Waals surface area contributed by atoms with E-state index < -0.39 is 198 Å². The molecule has 800 valence electrons. The van der Waals surface area contributed by atoms with Crippen LogP contribution in [0.4, 0.5) is 0 Å². The van der Waals surface area contributed by atoms with Crippen LogP contribution in [0.5, 0.6) is 0 Å². The summed E-state index contributed by atoms with van der Waals surface area (Å²) in [6, 6.07) is -3.59. The molecule has 21 atom stereocenters. The van der Waals surface area contributed by atoms with Crippen molar-refractivity contribution >= 4 is 49.8 Å². The Morgan fingerprint density at radius 2 is 0.610 bits per heavy atom. The van der Waals surface area contributed by atoms with Gasteiger partial charge in [-0.2, -0.15) is 14.3 Å². The number of hydrogen-bond acceptors (Lipinski definition) is 23. The van der Waals surface area contributed by atoms with Crippen LogP contribution < -0.4 is 15.5 Å². The minimum Gasteiger partial charge on any atom is -0.606 e. The van der Waals surface area contributed by atoms with Crippen LogP contribution >= 0.6 is 8.17 Å². The molecule has 26 heteroatoms. The molecular weight excluding hydrogens is 1750 g/mol. The summed E-state index contributed by atoms with van der Waals surface area (Å²) < 4.78 is 56.5. The van der Waals surface area contributed by atoms with Crippen molar-refractivity contribution in [3.05, 3.63) is 0 Å². The van der Waals surface area contributed by atoms with Crippen LogP contribution in [0.1, 0.15) is 521 Å². The van der Waals surface area contributed by atoms with Gasteiger partial charge in [-0.1, -0.05) is 450 Å². The number of ether oxygens (including phenoxy) is 8. The molecule has 0 aromatic heterocycles. The number of hydrogen-bond donors (Lipinski definition) is 8. The SMILES string of the molecule is CCCCCCCCCCCCCC(C)C(=O)OC(CC(=O)NC1C(O)OC(COC2OC(CO)C(O[P+]([O-])(O)O)[C@H](OC(=O)CC(OC(=O)C(C)CCCCCCCCCCC)C(C)CCCCCCCCC)C2NC(=O)CC(OC(=O)C(C)CCCCCCCCC)C(C)CCCCCCCCC)C(O)[C@@H]1OC(=O)CC(O)C(C)CCCCCCCCC)C(C)CCCCCCCCC. The Hall–Kier alpha value is -3.72. The number of aliphatic hydroxyl groups excluding tert-OH is 4. The first-order valence-corrected chi connectivity index (χ1v) is 57.9. The van der Waals surface area contributed by atoms with Crippen molar-refractivity contribution in [2.75, 3.05) is 13.2 Å². The highest BCUT2D eigenvalue weighted by Gasteiger charge is 2.56. The minimum atomic E-state index is -5.68. The maximum Gasteiger partial charge on any atom is 0.374 e. The van der Waals surface area contributed by atoms with Crippen molar-refractivity contribution in [3.8, 4) is 0 Å². The fourth-order valence-electron chi connectivity index (χ4n) is 19.1. The third-order valence-electron chi connectivity index (χ3n) is 28.8. The third-order valence-corrected chi connectivity index (χ3v) is 29.3. The van der Waals surface area contributed by atoms with Crippen LogP contribution in [0.2, 0.25) is 0 Å². The summed E-state index contributed by atoms with van der Waals surface area (Å²) in [5.74, 6) is -8.04. The lowest BCUT2D eigenvalue weighted by molar-refractivity contribution is -0.307. The maximum absolute atomic E-state index is 15.5. The standard InChI is InChI=1S/C110H207N2O23P/c1-15-22-29-36-43-45-46-48-55-62-68-75-88(13)106(120)128-91(84(9)71-64-57-50-39-32-25-18-4)78-96(115)111-100-104(133-98(117)77-90(114)83(8)70-63-56-49-38-31-24-17-3)102(119)95(131-109(100)123)82-127-110-101(112-97(116)79-92(85(10)72-65-58-51-40-33-26-19-5)129-107(121)87(12)74-67-60-53-42-35-28-21-7)105(103(94(81-113)132-110)135-136(124,125)126)134-99(118)80-93(86(11)73-66-59-52-41-34-27-20-6)130-108(122)89(14)76-69-61-54-47-44-37-30-23-16-2/h83-95,100-105,109-110,113-114,119,123H,15-82H2,1-14H3,(H,111,115)(H,112,116)(H2,124,125,126)/t83?,84?,85?,86?,87?,88?,89?,90?,91?,92?,93?,94?,95?,100?,101?,102?,103?,104-,105-,109?,110?/m1/s1. The van der Waals surface area contributed by atoms with E-state index in [1.54, 1.807) is 0 Å². The van der Waals surface area contributed by atoms with Crippen molar-refractivity contribution < 1.29 is 111 Å². The first kappa shape index (κ1) is 128. The van der Waals surface area contributed by atoms with E-state index in [0.29, 0.717) is 44.9 Å². The molecular formula is C110H207N2O23P. The van der Waals surface area contributed by atoms with E-state index in [1.807, 2.05) is 48.5 Å². The van der Waals surface area contributed by atoms with Gasteiger partial charge in [-0.25, -0.2) is 0 Å². The molecule has 25 nitrogen and oxygen atoms in total. The summed E-state index contributed by atoms with van der Waals surface area (Å²) in [5, 5.41) is 54.1. The molecule has 8 N–H and O–H groups in total. The van der Waals surface area contributed by atoms with Gasteiger partial charge in [0.2, 0.25) is 11.8 Å². The lowest BCUT2D eigenvalue weighted by Crippen LogP contribution is -2.68. The first-order valence-electron chi connectivity index (χ1n) is 56.3. The second-order valence-electron chi connectivity index (χ2n) is 41.7. The summed E-state index contributed by atoms with van der Waals surface area (Å²) in [4.78, 5) is 138. The summed E-state index contributed by atoms with van der Waals surface area (Å²) in [6.45, 7) is 26.4. The van der Waals surface area contributed by atoms with E-state index in [9.17, 15) is 59.1 Å². The van der Waals surface area contributed by atoms with Gasteiger partial charge in [-0.05, 0) is 68.6 Å². The highest BCUT2D eigenvalue weighted by atomic mass is 31.2. The average Bonchev–Trinajstić information content (AvgIpc) is 0.784. The molecule has 0 aromatic rings. The van der Waals surface area contributed by atoms with Crippen LogP contribution in [0.25, 0.3) is 0 Å². The monoisotopic (exact) mass is 1960 g/mol. The molecule has 0 radical (unpaired) electrons. The van der Waals surface area contributed by atoms with Crippen LogP contribution in [0.15, 0.2) is 0 Å². The number of rotatable bonds is 90. The van der Waals surface area contributed by atoms with Crippen molar-refractivity contribution in [2.24, 2.45) is 41.4 Å². The molecule has 2 heterocycles. The smallest absolute Gasteiger partial charge is 0.374 e. The summed E-state index contributed by atoms with van der Waals surface area (Å²) >= 11 is 0. The fourth-order valence-corrected chi connectivity index (χ4v) is 19.6. The zero-order valence-corrected chi connectivity index (χ0v) is 89.7. The van der Waals surface area contributed by atoms with Crippen molar-refractivity contribution in [2.45, 2.75) is 606 Å². The van der Waals surface area contributed by atoms with E-state index in [0.717, 1.165) is 283 Å². The third kappa shape index (κ3) is 60.8. The second-order valence-corrected chi connectivity index (χ2v) is 42.9. The van der Waals surface area contributed by atoms with Gasteiger partial charge in [0.05, 0.1) is 62.8 Å².